The molecule has 1 fully saturated rings. The first-order valence-corrected chi connectivity index (χ1v) is 6.70. The molecule has 1 aromatic carbocycles. The van der Waals surface area contributed by atoms with Crippen LogP contribution in [0.1, 0.15) is 18.4 Å². The highest BCUT2D eigenvalue weighted by Gasteiger charge is 2.26. The van der Waals surface area contributed by atoms with Crippen LogP contribution in [0.2, 0.25) is 5.02 Å². The molecule has 0 aromatic heterocycles. The van der Waals surface area contributed by atoms with E-state index in [9.17, 15) is 14.9 Å². The standard InChI is InChI=1S/C13H15ClN2O4/c14-11-4-3-10(12(5-11)16(19)20)7-15(8-13(17)18)6-9-1-2-9/h3-5,9H,1-2,6-8H2,(H,17,18). The summed E-state index contributed by atoms with van der Waals surface area (Å²) in [6.07, 6.45) is 2.19. The Bertz CT molecular complexity index is 531. The summed E-state index contributed by atoms with van der Waals surface area (Å²) in [4.78, 5) is 23.1. The summed E-state index contributed by atoms with van der Waals surface area (Å²) in [7, 11) is 0. The average molecular weight is 299 g/mol. The molecule has 0 radical (unpaired) electrons. The molecule has 2 rings (SSSR count). The van der Waals surface area contributed by atoms with Gasteiger partial charge in [0.25, 0.3) is 5.69 Å². The van der Waals surface area contributed by atoms with Crippen LogP contribution in [0.25, 0.3) is 0 Å². The molecule has 1 aliphatic rings. The number of carboxylic acids is 1. The van der Waals surface area contributed by atoms with Gasteiger partial charge in [-0.15, -0.1) is 0 Å². The van der Waals surface area contributed by atoms with Crippen molar-refractivity contribution in [2.24, 2.45) is 5.92 Å². The van der Waals surface area contributed by atoms with Gasteiger partial charge >= 0.3 is 5.97 Å². The third-order valence-corrected chi connectivity index (χ3v) is 3.45. The summed E-state index contributed by atoms with van der Waals surface area (Å²) in [5, 5.41) is 20.2. The Labute approximate surface area is 121 Å². The van der Waals surface area contributed by atoms with Crippen LogP contribution in [-0.4, -0.2) is 34.0 Å². The molecule has 1 N–H and O–H groups in total. The van der Waals surface area contributed by atoms with Gasteiger partial charge in [-0.2, -0.15) is 0 Å². The highest BCUT2D eigenvalue weighted by Crippen LogP contribution is 2.31. The second-order valence-corrected chi connectivity index (χ2v) is 5.47. The van der Waals surface area contributed by atoms with Crippen molar-refractivity contribution in [1.29, 1.82) is 0 Å². The smallest absolute Gasteiger partial charge is 0.317 e. The van der Waals surface area contributed by atoms with Crippen molar-refractivity contribution in [3.8, 4) is 0 Å². The molecule has 0 saturated heterocycles. The Morgan fingerprint density at radius 1 is 1.50 bits per heavy atom. The molecule has 0 aliphatic heterocycles. The molecule has 0 amide bonds. The zero-order valence-corrected chi connectivity index (χ0v) is 11.5. The fourth-order valence-corrected chi connectivity index (χ4v) is 2.29. The lowest BCUT2D eigenvalue weighted by Crippen LogP contribution is -2.31. The minimum atomic E-state index is -0.928. The molecular weight excluding hydrogens is 284 g/mol. The number of nitro groups is 1. The van der Waals surface area contributed by atoms with Crippen molar-refractivity contribution in [2.45, 2.75) is 19.4 Å². The molecule has 1 aliphatic carbocycles. The van der Waals surface area contributed by atoms with Gasteiger partial charge in [0, 0.05) is 29.7 Å². The van der Waals surface area contributed by atoms with Gasteiger partial charge in [0.15, 0.2) is 0 Å². The number of nitro benzene ring substituents is 1. The third-order valence-electron chi connectivity index (χ3n) is 3.21. The maximum atomic E-state index is 11.0. The van der Waals surface area contributed by atoms with E-state index >= 15 is 0 Å². The van der Waals surface area contributed by atoms with Crippen LogP contribution in [-0.2, 0) is 11.3 Å². The molecule has 0 atom stereocenters. The summed E-state index contributed by atoms with van der Waals surface area (Å²) in [5.74, 6) is -0.414. The summed E-state index contributed by atoms with van der Waals surface area (Å²) >= 11 is 5.76. The molecule has 108 valence electrons. The number of halogens is 1. The van der Waals surface area contributed by atoms with Gasteiger partial charge in [-0.05, 0) is 30.9 Å². The van der Waals surface area contributed by atoms with E-state index in [1.807, 2.05) is 0 Å². The monoisotopic (exact) mass is 298 g/mol. The zero-order valence-electron chi connectivity index (χ0n) is 10.8. The van der Waals surface area contributed by atoms with E-state index in [4.69, 9.17) is 16.7 Å². The van der Waals surface area contributed by atoms with Gasteiger partial charge in [0.1, 0.15) is 0 Å². The van der Waals surface area contributed by atoms with E-state index in [2.05, 4.69) is 0 Å². The highest BCUT2D eigenvalue weighted by molar-refractivity contribution is 6.30. The van der Waals surface area contributed by atoms with Gasteiger partial charge in [0.05, 0.1) is 11.5 Å². The summed E-state index contributed by atoms with van der Waals surface area (Å²) in [6.45, 7) is 0.790. The normalized spacial score (nSPS) is 14.5. The molecule has 0 bridgehead atoms. The van der Waals surface area contributed by atoms with Gasteiger partial charge in [-0.1, -0.05) is 11.6 Å². The number of nitrogens with zero attached hydrogens (tertiary/aromatic N) is 2. The Hall–Kier alpha value is -1.66. The van der Waals surface area contributed by atoms with E-state index < -0.39 is 10.9 Å². The van der Waals surface area contributed by atoms with Gasteiger partial charge in [-0.3, -0.25) is 19.8 Å². The number of aliphatic carboxylic acids is 1. The topological polar surface area (TPSA) is 83.7 Å². The maximum Gasteiger partial charge on any atom is 0.317 e. The van der Waals surface area contributed by atoms with Crippen molar-refractivity contribution in [1.82, 2.24) is 4.90 Å². The maximum absolute atomic E-state index is 11.0. The summed E-state index contributed by atoms with van der Waals surface area (Å²) < 4.78 is 0. The Balaban J connectivity index is 2.15. The molecular formula is C13H15ClN2O4. The lowest BCUT2D eigenvalue weighted by molar-refractivity contribution is -0.385. The largest absolute Gasteiger partial charge is 0.480 e. The molecule has 1 saturated carbocycles. The van der Waals surface area contributed by atoms with Crippen LogP contribution in [0.15, 0.2) is 18.2 Å². The lowest BCUT2D eigenvalue weighted by Gasteiger charge is -2.20. The van der Waals surface area contributed by atoms with Crippen LogP contribution in [0, 0.1) is 16.0 Å². The van der Waals surface area contributed by atoms with E-state index in [1.165, 1.54) is 6.07 Å². The van der Waals surface area contributed by atoms with Crippen LogP contribution in [0.3, 0.4) is 0 Å². The van der Waals surface area contributed by atoms with Crippen LogP contribution >= 0.6 is 11.6 Å². The van der Waals surface area contributed by atoms with Crippen LogP contribution in [0.4, 0.5) is 5.69 Å². The second-order valence-electron chi connectivity index (χ2n) is 5.04. The second kappa shape index (κ2) is 6.19. The molecule has 7 heteroatoms. The quantitative estimate of drug-likeness (QED) is 0.618. The lowest BCUT2D eigenvalue weighted by atomic mass is 10.1. The fourth-order valence-electron chi connectivity index (χ4n) is 2.12. The first kappa shape index (κ1) is 14.7. The summed E-state index contributed by atoms with van der Waals surface area (Å²) in [5.41, 5.74) is 0.421. The molecule has 0 spiro atoms. The van der Waals surface area contributed by atoms with E-state index in [1.54, 1.807) is 17.0 Å². The van der Waals surface area contributed by atoms with Gasteiger partial charge in [-0.25, -0.2) is 0 Å². The van der Waals surface area contributed by atoms with E-state index in [0.717, 1.165) is 12.8 Å². The molecule has 1 aromatic rings. The average Bonchev–Trinajstić information content (AvgIpc) is 3.14. The number of benzene rings is 1. The van der Waals surface area contributed by atoms with Crippen molar-refractivity contribution in [2.75, 3.05) is 13.1 Å². The molecule has 0 unspecified atom stereocenters. The van der Waals surface area contributed by atoms with Crippen molar-refractivity contribution in [3.05, 3.63) is 38.9 Å². The molecule has 20 heavy (non-hydrogen) atoms. The number of rotatable bonds is 7. The predicted octanol–water partition coefficient (Wildman–Crippen LogP) is 2.54. The molecule has 0 heterocycles. The van der Waals surface area contributed by atoms with Gasteiger partial charge < -0.3 is 5.11 Å². The fraction of sp³-hybridized carbons (Fsp3) is 0.462. The number of hydrogen-bond acceptors (Lipinski definition) is 4. The number of hydrogen-bond donors (Lipinski definition) is 1. The SMILES string of the molecule is O=C(O)CN(Cc1ccc(Cl)cc1[N+](=O)[O-])CC1CC1. The van der Waals surface area contributed by atoms with E-state index in [0.29, 0.717) is 23.0 Å². The van der Waals surface area contributed by atoms with E-state index in [-0.39, 0.29) is 18.8 Å². The minimum absolute atomic E-state index is 0.0660. The Kier molecular flexibility index (Phi) is 4.57. The molecule has 6 nitrogen and oxygen atoms in total. The van der Waals surface area contributed by atoms with Crippen molar-refractivity contribution < 1.29 is 14.8 Å². The van der Waals surface area contributed by atoms with Crippen LogP contribution in [0.5, 0.6) is 0 Å². The van der Waals surface area contributed by atoms with Crippen molar-refractivity contribution in [3.63, 3.8) is 0 Å². The number of carboxylic acid groups (broad SMARTS) is 1. The van der Waals surface area contributed by atoms with Gasteiger partial charge in [0.2, 0.25) is 0 Å². The minimum Gasteiger partial charge on any atom is -0.480 e. The van der Waals surface area contributed by atoms with Crippen LogP contribution < -0.4 is 0 Å². The first-order chi connectivity index (χ1) is 9.45. The highest BCUT2D eigenvalue weighted by atomic mass is 35.5. The summed E-state index contributed by atoms with van der Waals surface area (Å²) in [6, 6.07) is 4.47. The predicted molar refractivity (Wildman–Crippen MR) is 73.7 cm³/mol. The third kappa shape index (κ3) is 4.18. The Morgan fingerprint density at radius 3 is 2.75 bits per heavy atom. The first-order valence-electron chi connectivity index (χ1n) is 6.32. The number of carbonyl (C=O) groups is 1. The zero-order chi connectivity index (χ0) is 14.7. The van der Waals surface area contributed by atoms with Crippen molar-refractivity contribution >= 4 is 23.3 Å². The Morgan fingerprint density at radius 2 is 2.20 bits per heavy atom.